The molecule has 2 aliphatic rings. The molecule has 1 amide bonds. The summed E-state index contributed by atoms with van der Waals surface area (Å²) in [7, 11) is 0. The van der Waals surface area contributed by atoms with Gasteiger partial charge in [-0.3, -0.25) is 9.59 Å². The van der Waals surface area contributed by atoms with Gasteiger partial charge < -0.3 is 14.6 Å². The van der Waals surface area contributed by atoms with Gasteiger partial charge in [-0.05, 0) is 25.7 Å². The number of carbonyl (C=O) groups excluding carboxylic acids is 1. The molecule has 1 aliphatic carbocycles. The molecule has 1 N–H and O–H groups in total. The third-order valence-electron chi connectivity index (χ3n) is 4.18. The summed E-state index contributed by atoms with van der Waals surface area (Å²) in [4.78, 5) is 29.0. The smallest absolute Gasteiger partial charge is 0.307 e. The van der Waals surface area contributed by atoms with Gasteiger partial charge in [-0.15, -0.1) is 0 Å². The number of imidazole rings is 1. The predicted molar refractivity (Wildman–Crippen MR) is 66.6 cm³/mol. The number of hydrogen-bond donors (Lipinski definition) is 1. The Labute approximate surface area is 111 Å². The number of carboxylic acid groups (broad SMARTS) is 1. The molecular formula is C13H17N3O3. The van der Waals surface area contributed by atoms with Crippen molar-refractivity contribution in [3.05, 3.63) is 18.2 Å². The fraction of sp³-hybridized carbons (Fsp3) is 0.615. The van der Waals surface area contributed by atoms with E-state index in [1.807, 2.05) is 18.4 Å². The molecule has 1 aromatic heterocycles. The molecule has 2 heterocycles. The molecule has 3 atom stereocenters. The number of carboxylic acids is 1. The second-order valence-corrected chi connectivity index (χ2v) is 5.70. The number of nitrogens with zero attached hydrogens (tertiary/aromatic N) is 3. The maximum atomic E-state index is 12.2. The maximum absolute atomic E-state index is 12.2. The second kappa shape index (κ2) is 4.08. The van der Waals surface area contributed by atoms with E-state index in [4.69, 9.17) is 5.11 Å². The quantitative estimate of drug-likeness (QED) is 0.877. The summed E-state index contributed by atoms with van der Waals surface area (Å²) in [6.45, 7) is 5.15. The monoisotopic (exact) mass is 263 g/mol. The van der Waals surface area contributed by atoms with Gasteiger partial charge in [0, 0.05) is 25.3 Å². The van der Waals surface area contributed by atoms with Gasteiger partial charge in [-0.2, -0.15) is 0 Å². The highest BCUT2D eigenvalue weighted by Gasteiger charge is 2.60. The minimum absolute atomic E-state index is 0.0873. The summed E-state index contributed by atoms with van der Waals surface area (Å²) < 4.78 is 1.89. The van der Waals surface area contributed by atoms with Crippen molar-refractivity contribution in [3.8, 4) is 0 Å². The molecule has 2 fully saturated rings. The SMILES string of the molecule is CC(C)n1cnc(C(=O)N2C[C@@H]3C(C(=O)O)[C@@H]3C2)c1. The summed E-state index contributed by atoms with van der Waals surface area (Å²) in [6.07, 6.45) is 3.42. The molecule has 1 aliphatic heterocycles. The maximum Gasteiger partial charge on any atom is 0.307 e. The van der Waals surface area contributed by atoms with Gasteiger partial charge in [0.2, 0.25) is 0 Å². The zero-order chi connectivity index (χ0) is 13.7. The first-order valence-electron chi connectivity index (χ1n) is 6.54. The van der Waals surface area contributed by atoms with Crippen molar-refractivity contribution in [1.82, 2.24) is 14.5 Å². The van der Waals surface area contributed by atoms with Crippen molar-refractivity contribution in [3.63, 3.8) is 0 Å². The topological polar surface area (TPSA) is 75.4 Å². The van der Waals surface area contributed by atoms with Crippen LogP contribution in [0.2, 0.25) is 0 Å². The second-order valence-electron chi connectivity index (χ2n) is 5.70. The molecule has 1 saturated carbocycles. The van der Waals surface area contributed by atoms with Crippen molar-refractivity contribution < 1.29 is 14.7 Å². The van der Waals surface area contributed by atoms with Gasteiger partial charge in [-0.1, -0.05) is 0 Å². The van der Waals surface area contributed by atoms with Crippen LogP contribution in [-0.2, 0) is 4.79 Å². The summed E-state index contributed by atoms with van der Waals surface area (Å²) in [5, 5.41) is 8.95. The van der Waals surface area contributed by atoms with E-state index >= 15 is 0 Å². The van der Waals surface area contributed by atoms with E-state index in [1.54, 1.807) is 17.4 Å². The van der Waals surface area contributed by atoms with Gasteiger partial charge in [0.15, 0.2) is 0 Å². The highest BCUT2D eigenvalue weighted by atomic mass is 16.4. The van der Waals surface area contributed by atoms with E-state index < -0.39 is 5.97 Å². The Morgan fingerprint density at radius 2 is 2.00 bits per heavy atom. The molecule has 6 nitrogen and oxygen atoms in total. The van der Waals surface area contributed by atoms with Crippen molar-refractivity contribution in [2.24, 2.45) is 17.8 Å². The van der Waals surface area contributed by atoms with Crippen LogP contribution < -0.4 is 0 Å². The number of likely N-dealkylation sites (tertiary alicyclic amines) is 1. The van der Waals surface area contributed by atoms with Crippen molar-refractivity contribution in [2.75, 3.05) is 13.1 Å². The highest BCUT2D eigenvalue weighted by Crippen LogP contribution is 2.51. The lowest BCUT2D eigenvalue weighted by Gasteiger charge is -2.17. The van der Waals surface area contributed by atoms with Gasteiger partial charge >= 0.3 is 5.97 Å². The molecule has 0 bridgehead atoms. The molecule has 0 radical (unpaired) electrons. The van der Waals surface area contributed by atoms with Crippen molar-refractivity contribution in [2.45, 2.75) is 19.9 Å². The van der Waals surface area contributed by atoms with Crippen LogP contribution >= 0.6 is 0 Å². The van der Waals surface area contributed by atoms with Gasteiger partial charge in [-0.25, -0.2) is 4.98 Å². The Morgan fingerprint density at radius 3 is 2.47 bits per heavy atom. The Morgan fingerprint density at radius 1 is 1.37 bits per heavy atom. The number of aromatic nitrogens is 2. The lowest BCUT2D eigenvalue weighted by Crippen LogP contribution is -2.32. The van der Waals surface area contributed by atoms with Crippen LogP contribution in [0.5, 0.6) is 0 Å². The van der Waals surface area contributed by atoms with Crippen LogP contribution in [0.25, 0.3) is 0 Å². The number of piperidine rings is 1. The van der Waals surface area contributed by atoms with E-state index in [0.717, 1.165) is 0 Å². The van der Waals surface area contributed by atoms with Crippen LogP contribution in [0.1, 0.15) is 30.4 Å². The molecule has 1 aromatic rings. The van der Waals surface area contributed by atoms with Crippen LogP contribution in [0.15, 0.2) is 12.5 Å². The lowest BCUT2D eigenvalue weighted by atomic mass is 10.2. The van der Waals surface area contributed by atoms with Crippen molar-refractivity contribution in [1.29, 1.82) is 0 Å². The Balaban J connectivity index is 1.65. The van der Waals surface area contributed by atoms with E-state index in [0.29, 0.717) is 18.8 Å². The van der Waals surface area contributed by atoms with E-state index in [2.05, 4.69) is 4.98 Å². The predicted octanol–water partition coefficient (Wildman–Crippen LogP) is 0.867. The minimum Gasteiger partial charge on any atom is -0.481 e. The molecule has 1 saturated heterocycles. The van der Waals surface area contributed by atoms with Gasteiger partial charge in [0.25, 0.3) is 5.91 Å². The highest BCUT2D eigenvalue weighted by molar-refractivity contribution is 5.92. The molecule has 0 spiro atoms. The first kappa shape index (κ1) is 12.2. The first-order chi connectivity index (χ1) is 8.99. The first-order valence-corrected chi connectivity index (χ1v) is 6.54. The fourth-order valence-electron chi connectivity index (χ4n) is 2.95. The number of rotatable bonds is 3. The van der Waals surface area contributed by atoms with Crippen LogP contribution in [0.4, 0.5) is 0 Å². The number of hydrogen-bond acceptors (Lipinski definition) is 3. The van der Waals surface area contributed by atoms with E-state index in [-0.39, 0.29) is 29.7 Å². The largest absolute Gasteiger partial charge is 0.481 e. The third-order valence-corrected chi connectivity index (χ3v) is 4.18. The summed E-state index contributed by atoms with van der Waals surface area (Å²) in [5.74, 6) is -0.763. The normalized spacial score (nSPS) is 28.6. The fourth-order valence-corrected chi connectivity index (χ4v) is 2.95. The number of carbonyl (C=O) groups is 2. The zero-order valence-corrected chi connectivity index (χ0v) is 11.0. The van der Waals surface area contributed by atoms with Crippen LogP contribution in [0, 0.1) is 17.8 Å². The molecule has 102 valence electrons. The van der Waals surface area contributed by atoms with Crippen LogP contribution in [0.3, 0.4) is 0 Å². The van der Waals surface area contributed by atoms with Crippen LogP contribution in [-0.4, -0.2) is 44.5 Å². The Bertz CT molecular complexity index is 525. The van der Waals surface area contributed by atoms with Gasteiger partial charge in [0.05, 0.1) is 12.2 Å². The molecule has 6 heteroatoms. The van der Waals surface area contributed by atoms with Gasteiger partial charge in [0.1, 0.15) is 5.69 Å². The minimum atomic E-state index is -0.730. The average Bonchev–Trinajstić information content (AvgIpc) is 2.79. The number of fused-ring (bicyclic) bond motifs is 1. The van der Waals surface area contributed by atoms with E-state index in [9.17, 15) is 9.59 Å². The summed E-state index contributed by atoms with van der Waals surface area (Å²) in [5.41, 5.74) is 0.446. The zero-order valence-electron chi connectivity index (χ0n) is 11.0. The molecule has 3 rings (SSSR count). The molecular weight excluding hydrogens is 246 g/mol. The Hall–Kier alpha value is -1.85. The lowest BCUT2D eigenvalue weighted by molar-refractivity contribution is -0.139. The Kier molecular flexibility index (Phi) is 2.62. The molecule has 19 heavy (non-hydrogen) atoms. The average molecular weight is 263 g/mol. The standard InChI is InChI=1S/C13H17N3O3/c1-7(2)16-5-10(14-6-16)12(17)15-3-8-9(4-15)11(8)13(18)19/h5-9,11H,3-4H2,1-2H3,(H,18,19)/t8-,9+,11?. The number of amides is 1. The summed E-state index contributed by atoms with van der Waals surface area (Å²) in [6, 6.07) is 0.275. The molecule has 1 unspecified atom stereocenters. The third kappa shape index (κ3) is 1.91. The van der Waals surface area contributed by atoms with E-state index in [1.165, 1.54) is 0 Å². The summed E-state index contributed by atoms with van der Waals surface area (Å²) >= 11 is 0. The number of aliphatic carboxylic acids is 1. The van der Waals surface area contributed by atoms with Crippen molar-refractivity contribution >= 4 is 11.9 Å². The molecule has 0 aromatic carbocycles.